The Morgan fingerprint density at radius 3 is 2.15 bits per heavy atom. The summed E-state index contributed by atoms with van der Waals surface area (Å²) in [5, 5.41) is 0. The van der Waals surface area contributed by atoms with Crippen LogP contribution in [0.15, 0.2) is 0 Å². The van der Waals surface area contributed by atoms with Crippen molar-refractivity contribution in [2.75, 3.05) is 0 Å². The first kappa shape index (κ1) is 11.9. The lowest BCUT2D eigenvalue weighted by molar-refractivity contribution is -0.159. The number of hydroxylamine groups is 1. The van der Waals surface area contributed by atoms with Gasteiger partial charge in [-0.05, 0) is 12.8 Å². The van der Waals surface area contributed by atoms with Crippen LogP contribution >= 0.6 is 0 Å². The van der Waals surface area contributed by atoms with Crippen molar-refractivity contribution in [2.24, 2.45) is 5.92 Å². The highest BCUT2D eigenvalue weighted by Gasteiger charge is 2.14. The molecule has 4 nitrogen and oxygen atoms in total. The molecule has 1 N–H and O–H groups in total. The van der Waals surface area contributed by atoms with Crippen molar-refractivity contribution in [3.63, 3.8) is 0 Å². The van der Waals surface area contributed by atoms with Gasteiger partial charge in [0.1, 0.15) is 0 Å². The number of nitrogens with one attached hydrogen (secondary N) is 1. The van der Waals surface area contributed by atoms with Gasteiger partial charge in [-0.2, -0.15) is 5.48 Å². The third kappa shape index (κ3) is 4.50. The van der Waals surface area contributed by atoms with Crippen molar-refractivity contribution < 1.29 is 14.4 Å². The van der Waals surface area contributed by atoms with Crippen LogP contribution in [-0.4, -0.2) is 11.9 Å². The number of carbonyl (C=O) groups is 2. The second kappa shape index (κ2) is 6.46. The van der Waals surface area contributed by atoms with Crippen molar-refractivity contribution in [1.29, 1.82) is 0 Å². The van der Waals surface area contributed by atoms with Crippen molar-refractivity contribution in [3.8, 4) is 0 Å². The van der Waals surface area contributed by atoms with E-state index in [-0.39, 0.29) is 18.2 Å². The fraction of sp³-hybridized carbons (Fsp3) is 0.778. The first-order chi connectivity index (χ1) is 6.15. The van der Waals surface area contributed by atoms with Crippen molar-refractivity contribution in [3.05, 3.63) is 0 Å². The summed E-state index contributed by atoms with van der Waals surface area (Å²) in [6, 6.07) is 0. The lowest BCUT2D eigenvalue weighted by Crippen LogP contribution is -2.32. The molecule has 0 saturated heterocycles. The summed E-state index contributed by atoms with van der Waals surface area (Å²) >= 11 is 0. The van der Waals surface area contributed by atoms with E-state index in [4.69, 9.17) is 0 Å². The molecule has 0 aromatic heterocycles. The van der Waals surface area contributed by atoms with Gasteiger partial charge in [-0.3, -0.25) is 4.79 Å². The molecule has 4 heteroatoms. The molecule has 0 aromatic carbocycles. The quantitative estimate of drug-likeness (QED) is 0.677. The van der Waals surface area contributed by atoms with E-state index < -0.39 is 5.97 Å². The molecular weight excluding hydrogens is 170 g/mol. The van der Waals surface area contributed by atoms with Gasteiger partial charge in [0, 0.05) is 12.3 Å². The highest BCUT2D eigenvalue weighted by Crippen LogP contribution is 2.06. The van der Waals surface area contributed by atoms with Gasteiger partial charge in [-0.1, -0.05) is 20.8 Å². The van der Waals surface area contributed by atoms with Crippen LogP contribution in [0, 0.1) is 5.92 Å². The molecule has 0 saturated carbocycles. The molecule has 13 heavy (non-hydrogen) atoms. The van der Waals surface area contributed by atoms with Gasteiger partial charge < -0.3 is 4.84 Å². The summed E-state index contributed by atoms with van der Waals surface area (Å²) in [7, 11) is 0. The molecule has 0 bridgehead atoms. The third-order valence-electron chi connectivity index (χ3n) is 1.91. The Morgan fingerprint density at radius 2 is 1.77 bits per heavy atom. The Labute approximate surface area is 78.6 Å². The Morgan fingerprint density at radius 1 is 1.23 bits per heavy atom. The lowest BCUT2D eigenvalue weighted by Gasteiger charge is -2.11. The van der Waals surface area contributed by atoms with Crippen LogP contribution in [0.4, 0.5) is 0 Å². The number of hydrogen-bond acceptors (Lipinski definition) is 3. The summed E-state index contributed by atoms with van der Waals surface area (Å²) in [4.78, 5) is 26.4. The summed E-state index contributed by atoms with van der Waals surface area (Å²) in [6.07, 6.45) is 1.78. The predicted octanol–water partition coefficient (Wildman–Crippen LogP) is 1.41. The zero-order valence-electron chi connectivity index (χ0n) is 8.42. The van der Waals surface area contributed by atoms with Crippen molar-refractivity contribution >= 4 is 11.9 Å². The fourth-order valence-electron chi connectivity index (χ4n) is 0.922. The highest BCUT2D eigenvalue weighted by atomic mass is 16.7. The van der Waals surface area contributed by atoms with Gasteiger partial charge >= 0.3 is 5.97 Å². The van der Waals surface area contributed by atoms with E-state index in [1.807, 2.05) is 13.8 Å². The predicted molar refractivity (Wildman–Crippen MR) is 48.6 cm³/mol. The maximum Gasteiger partial charge on any atom is 0.331 e. The normalized spacial score (nSPS) is 9.85. The lowest BCUT2D eigenvalue weighted by atomic mass is 10.0. The maximum atomic E-state index is 11.2. The van der Waals surface area contributed by atoms with Crippen LogP contribution in [0.5, 0.6) is 0 Å². The molecule has 0 heterocycles. The first-order valence-electron chi connectivity index (χ1n) is 4.65. The Balaban J connectivity index is 3.79. The standard InChI is InChI=1S/C9H17NO3/c1-4-7(5-2)9(12)10-13-8(11)6-3/h7H,4-6H2,1-3H3,(H,10,12). The molecule has 1 amide bonds. The van der Waals surface area contributed by atoms with Crippen molar-refractivity contribution in [2.45, 2.75) is 40.0 Å². The Kier molecular flexibility index (Phi) is 5.93. The summed E-state index contributed by atoms with van der Waals surface area (Å²) in [5.41, 5.74) is 2.15. The molecule has 0 rings (SSSR count). The SMILES string of the molecule is CCC(=O)ONC(=O)C(CC)CC. The number of hydrogen-bond donors (Lipinski definition) is 1. The van der Waals surface area contributed by atoms with Gasteiger partial charge in [-0.15, -0.1) is 0 Å². The summed E-state index contributed by atoms with van der Waals surface area (Å²) in [6.45, 7) is 5.52. The van der Waals surface area contributed by atoms with Crippen LogP contribution < -0.4 is 5.48 Å². The smallest absolute Gasteiger partial charge is 0.331 e. The minimum Gasteiger partial charge on any atom is -0.341 e. The van der Waals surface area contributed by atoms with E-state index in [1.54, 1.807) is 6.92 Å². The summed E-state index contributed by atoms with van der Waals surface area (Å²) in [5.74, 6) is -0.698. The van der Waals surface area contributed by atoms with Gasteiger partial charge in [0.05, 0.1) is 0 Å². The maximum absolute atomic E-state index is 11.2. The van der Waals surface area contributed by atoms with E-state index in [0.717, 1.165) is 12.8 Å². The van der Waals surface area contributed by atoms with Gasteiger partial charge in [-0.25, -0.2) is 4.79 Å². The fourth-order valence-corrected chi connectivity index (χ4v) is 0.922. The highest BCUT2D eigenvalue weighted by molar-refractivity contribution is 5.79. The van der Waals surface area contributed by atoms with Crippen LogP contribution in [-0.2, 0) is 14.4 Å². The first-order valence-corrected chi connectivity index (χ1v) is 4.65. The molecule has 0 aliphatic carbocycles. The molecule has 0 fully saturated rings. The molecular formula is C9H17NO3. The van der Waals surface area contributed by atoms with Gasteiger partial charge in [0.2, 0.25) is 0 Å². The van der Waals surface area contributed by atoms with Crippen LogP contribution in [0.1, 0.15) is 40.0 Å². The zero-order chi connectivity index (χ0) is 10.3. The second-order valence-electron chi connectivity index (χ2n) is 2.81. The molecule has 0 radical (unpaired) electrons. The monoisotopic (exact) mass is 187 g/mol. The summed E-state index contributed by atoms with van der Waals surface area (Å²) < 4.78 is 0. The molecule has 0 aromatic rings. The molecule has 0 atom stereocenters. The van der Waals surface area contributed by atoms with Crippen LogP contribution in [0.3, 0.4) is 0 Å². The minimum atomic E-state index is -0.417. The Hall–Kier alpha value is -1.06. The van der Waals surface area contributed by atoms with E-state index >= 15 is 0 Å². The van der Waals surface area contributed by atoms with E-state index in [2.05, 4.69) is 10.3 Å². The molecule has 76 valence electrons. The average molecular weight is 187 g/mol. The van der Waals surface area contributed by atoms with Gasteiger partial charge in [0.25, 0.3) is 5.91 Å². The second-order valence-corrected chi connectivity index (χ2v) is 2.81. The minimum absolute atomic E-state index is 0.0651. The molecule has 0 aliphatic heterocycles. The molecule has 0 unspecified atom stereocenters. The van der Waals surface area contributed by atoms with E-state index in [1.165, 1.54) is 0 Å². The van der Waals surface area contributed by atoms with Gasteiger partial charge in [0.15, 0.2) is 0 Å². The average Bonchev–Trinajstić information content (AvgIpc) is 2.16. The van der Waals surface area contributed by atoms with Crippen LogP contribution in [0.25, 0.3) is 0 Å². The Bertz CT molecular complexity index is 176. The largest absolute Gasteiger partial charge is 0.341 e. The topological polar surface area (TPSA) is 55.4 Å². The molecule has 0 spiro atoms. The third-order valence-corrected chi connectivity index (χ3v) is 1.91. The number of rotatable bonds is 4. The molecule has 0 aliphatic rings. The van der Waals surface area contributed by atoms with Crippen LogP contribution in [0.2, 0.25) is 0 Å². The number of carbonyl (C=O) groups excluding carboxylic acids is 2. The zero-order valence-corrected chi connectivity index (χ0v) is 8.42. The van der Waals surface area contributed by atoms with E-state index in [0.29, 0.717) is 0 Å². The van der Waals surface area contributed by atoms with Crippen molar-refractivity contribution in [1.82, 2.24) is 5.48 Å². The van der Waals surface area contributed by atoms with E-state index in [9.17, 15) is 9.59 Å². The number of amides is 1.